The third-order valence-corrected chi connectivity index (χ3v) is 4.69. The van der Waals surface area contributed by atoms with Crippen LogP contribution in [0.2, 0.25) is 0 Å². The van der Waals surface area contributed by atoms with E-state index in [1.54, 1.807) is 7.11 Å². The van der Waals surface area contributed by atoms with Crippen LogP contribution in [0.5, 0.6) is 0 Å². The van der Waals surface area contributed by atoms with Crippen LogP contribution in [-0.4, -0.2) is 50.2 Å². The summed E-state index contributed by atoms with van der Waals surface area (Å²) in [5.41, 5.74) is 2.46. The normalized spacial score (nSPS) is 17.3. The second-order valence-electron chi connectivity index (χ2n) is 6.68. The quantitative estimate of drug-likeness (QED) is 0.620. The largest absolute Gasteiger partial charge is 0.380 e. The minimum absolute atomic E-state index is 0.500. The predicted molar refractivity (Wildman–Crippen MR) is 100 cm³/mol. The molecule has 1 fully saturated rings. The van der Waals surface area contributed by atoms with Gasteiger partial charge in [0, 0.05) is 45.9 Å². The second-order valence-corrected chi connectivity index (χ2v) is 6.68. The topological polar surface area (TPSA) is 48.9 Å². The molecule has 24 heavy (non-hydrogen) atoms. The van der Waals surface area contributed by atoms with E-state index in [2.05, 4.69) is 52.6 Å². The smallest absolute Gasteiger partial charge is 0.191 e. The van der Waals surface area contributed by atoms with Gasteiger partial charge in [-0.05, 0) is 37.8 Å². The van der Waals surface area contributed by atoms with Gasteiger partial charge < -0.3 is 20.3 Å². The van der Waals surface area contributed by atoms with Crippen LogP contribution in [0.15, 0.2) is 29.3 Å². The molecule has 5 nitrogen and oxygen atoms in total. The molecular weight excluding hydrogens is 300 g/mol. The minimum Gasteiger partial charge on any atom is -0.380 e. The van der Waals surface area contributed by atoms with Crippen molar-refractivity contribution in [2.24, 2.45) is 4.99 Å². The zero-order chi connectivity index (χ0) is 17.4. The van der Waals surface area contributed by atoms with Crippen LogP contribution in [0.25, 0.3) is 0 Å². The summed E-state index contributed by atoms with van der Waals surface area (Å²) in [5, 5.41) is 7.00. The first-order valence-corrected chi connectivity index (χ1v) is 8.91. The van der Waals surface area contributed by atoms with Crippen molar-refractivity contribution < 1.29 is 4.74 Å². The van der Waals surface area contributed by atoms with Gasteiger partial charge in [0.1, 0.15) is 0 Å². The van der Waals surface area contributed by atoms with Gasteiger partial charge in [0.2, 0.25) is 0 Å². The molecule has 0 aliphatic carbocycles. The van der Waals surface area contributed by atoms with Crippen molar-refractivity contribution in [2.45, 2.75) is 51.9 Å². The highest BCUT2D eigenvalue weighted by atomic mass is 16.5. The summed E-state index contributed by atoms with van der Waals surface area (Å²) in [6.07, 6.45) is 2.33. The lowest BCUT2D eigenvalue weighted by atomic mass is 10.0. The fraction of sp³-hybridized carbons (Fsp3) is 0.632. The molecule has 0 saturated carbocycles. The third-order valence-electron chi connectivity index (χ3n) is 4.69. The van der Waals surface area contributed by atoms with Crippen molar-refractivity contribution in [3.63, 3.8) is 0 Å². The van der Waals surface area contributed by atoms with E-state index >= 15 is 0 Å². The maximum Gasteiger partial charge on any atom is 0.191 e. The van der Waals surface area contributed by atoms with Crippen LogP contribution in [0, 0.1) is 0 Å². The van der Waals surface area contributed by atoms with Crippen molar-refractivity contribution in [1.29, 1.82) is 0 Å². The molecule has 1 saturated heterocycles. The van der Waals surface area contributed by atoms with E-state index in [0.717, 1.165) is 25.6 Å². The van der Waals surface area contributed by atoms with E-state index in [-0.39, 0.29) is 0 Å². The molecule has 0 bridgehead atoms. The Labute approximate surface area is 146 Å². The first-order chi connectivity index (χ1) is 11.6. The van der Waals surface area contributed by atoms with Gasteiger partial charge in [-0.1, -0.05) is 24.3 Å². The van der Waals surface area contributed by atoms with Crippen LogP contribution in [0.3, 0.4) is 0 Å². The van der Waals surface area contributed by atoms with E-state index in [9.17, 15) is 0 Å². The Bertz CT molecular complexity index is 522. The number of nitrogens with one attached hydrogen (secondary N) is 2. The average molecular weight is 332 g/mol. The number of methoxy groups -OCH3 is 1. The van der Waals surface area contributed by atoms with Crippen molar-refractivity contribution in [3.8, 4) is 0 Å². The van der Waals surface area contributed by atoms with Crippen molar-refractivity contribution in [2.75, 3.05) is 27.2 Å². The van der Waals surface area contributed by atoms with Gasteiger partial charge in [0.05, 0.1) is 6.61 Å². The number of aliphatic imine (C=N–C) groups is 1. The molecule has 1 aliphatic rings. The summed E-state index contributed by atoms with van der Waals surface area (Å²) < 4.78 is 5.27. The van der Waals surface area contributed by atoms with Crippen LogP contribution >= 0.6 is 0 Å². The Balaban J connectivity index is 1.83. The van der Waals surface area contributed by atoms with Crippen molar-refractivity contribution >= 4 is 5.96 Å². The molecule has 1 aromatic rings. The van der Waals surface area contributed by atoms with E-state index in [1.807, 2.05) is 13.1 Å². The van der Waals surface area contributed by atoms with Gasteiger partial charge in [-0.15, -0.1) is 0 Å². The van der Waals surface area contributed by atoms with Gasteiger partial charge >= 0.3 is 0 Å². The Morgan fingerprint density at radius 2 is 1.92 bits per heavy atom. The van der Waals surface area contributed by atoms with E-state index in [0.29, 0.717) is 18.7 Å². The summed E-state index contributed by atoms with van der Waals surface area (Å²) in [4.78, 5) is 6.91. The van der Waals surface area contributed by atoms with Crippen LogP contribution in [-0.2, 0) is 17.9 Å². The monoisotopic (exact) mass is 332 g/mol. The zero-order valence-electron chi connectivity index (χ0n) is 15.5. The Morgan fingerprint density at radius 3 is 2.50 bits per heavy atom. The van der Waals surface area contributed by atoms with Gasteiger partial charge in [-0.2, -0.15) is 0 Å². The zero-order valence-corrected chi connectivity index (χ0v) is 15.5. The number of ether oxygens (including phenoxy) is 1. The molecule has 1 heterocycles. The predicted octanol–water partition coefficient (Wildman–Crippen LogP) is 2.37. The summed E-state index contributed by atoms with van der Waals surface area (Å²) in [6.45, 7) is 8.24. The number of nitrogens with zero attached hydrogens (tertiary/aromatic N) is 2. The molecule has 0 radical (unpaired) electrons. The first kappa shape index (κ1) is 18.7. The molecular formula is C19H32N4O. The van der Waals surface area contributed by atoms with E-state index < -0.39 is 0 Å². The summed E-state index contributed by atoms with van der Waals surface area (Å²) in [7, 11) is 3.56. The van der Waals surface area contributed by atoms with Crippen molar-refractivity contribution in [3.05, 3.63) is 35.4 Å². The van der Waals surface area contributed by atoms with E-state index in [1.165, 1.54) is 24.0 Å². The Kier molecular flexibility index (Phi) is 7.53. The lowest BCUT2D eigenvalue weighted by Crippen LogP contribution is -2.49. The number of benzene rings is 1. The Hall–Kier alpha value is -1.59. The highest BCUT2D eigenvalue weighted by molar-refractivity contribution is 5.80. The molecule has 1 aliphatic heterocycles. The molecule has 2 N–H and O–H groups in total. The molecule has 0 unspecified atom stereocenters. The summed E-state index contributed by atoms with van der Waals surface area (Å²) in [5.74, 6) is 0.880. The standard InChI is InChI=1S/C19H32N4O/c1-15(2)23-11-9-18(10-12-23)22-19(20-3)21-13-16-7-5-6-8-17(16)14-24-4/h5-8,15,18H,9-14H2,1-4H3,(H2,20,21,22). The minimum atomic E-state index is 0.500. The Morgan fingerprint density at radius 1 is 1.25 bits per heavy atom. The fourth-order valence-corrected chi connectivity index (χ4v) is 3.15. The number of likely N-dealkylation sites (tertiary alicyclic amines) is 1. The van der Waals surface area contributed by atoms with Gasteiger partial charge in [0.25, 0.3) is 0 Å². The SMILES string of the molecule is CN=C(NCc1ccccc1COC)NC1CCN(C(C)C)CC1. The maximum atomic E-state index is 5.27. The number of rotatable bonds is 6. The highest BCUT2D eigenvalue weighted by Crippen LogP contribution is 2.13. The lowest BCUT2D eigenvalue weighted by Gasteiger charge is -2.35. The fourth-order valence-electron chi connectivity index (χ4n) is 3.15. The highest BCUT2D eigenvalue weighted by Gasteiger charge is 2.21. The molecule has 134 valence electrons. The van der Waals surface area contributed by atoms with Crippen LogP contribution in [0.4, 0.5) is 0 Å². The number of hydrogen-bond acceptors (Lipinski definition) is 3. The van der Waals surface area contributed by atoms with Gasteiger partial charge in [-0.3, -0.25) is 4.99 Å². The third kappa shape index (κ3) is 5.49. The summed E-state index contributed by atoms with van der Waals surface area (Å²) in [6, 6.07) is 9.50. The molecule has 0 aromatic heterocycles. The van der Waals surface area contributed by atoms with Crippen LogP contribution < -0.4 is 10.6 Å². The molecule has 0 amide bonds. The average Bonchev–Trinajstić information content (AvgIpc) is 2.60. The summed E-state index contributed by atoms with van der Waals surface area (Å²) >= 11 is 0. The maximum absolute atomic E-state index is 5.27. The van der Waals surface area contributed by atoms with Crippen molar-refractivity contribution in [1.82, 2.24) is 15.5 Å². The molecule has 2 rings (SSSR count). The molecule has 5 heteroatoms. The number of guanidine groups is 1. The molecule has 0 atom stereocenters. The van der Waals surface area contributed by atoms with E-state index in [4.69, 9.17) is 4.74 Å². The number of hydrogen-bond donors (Lipinski definition) is 2. The molecule has 0 spiro atoms. The number of piperidine rings is 1. The van der Waals surface area contributed by atoms with Crippen LogP contribution in [0.1, 0.15) is 37.8 Å². The lowest BCUT2D eigenvalue weighted by molar-refractivity contribution is 0.167. The second kappa shape index (κ2) is 9.64. The van der Waals surface area contributed by atoms with Gasteiger partial charge in [0.15, 0.2) is 5.96 Å². The molecule has 1 aromatic carbocycles. The first-order valence-electron chi connectivity index (χ1n) is 8.91. The van der Waals surface area contributed by atoms with Gasteiger partial charge in [-0.25, -0.2) is 0 Å².